The summed E-state index contributed by atoms with van der Waals surface area (Å²) in [5.74, 6) is 0.0597. The van der Waals surface area contributed by atoms with E-state index in [0.717, 1.165) is 60.0 Å². The molecule has 184 valence electrons. The predicted molar refractivity (Wildman–Crippen MR) is 142 cm³/mol. The van der Waals surface area contributed by atoms with Crippen LogP contribution in [0.5, 0.6) is 0 Å². The average molecular weight is 501 g/mol. The fraction of sp³-hybridized carbons (Fsp3) is 0.333. The van der Waals surface area contributed by atoms with Gasteiger partial charge in [0, 0.05) is 43.0 Å². The number of benzene rings is 2. The molecule has 36 heavy (non-hydrogen) atoms. The van der Waals surface area contributed by atoms with Crippen molar-refractivity contribution in [2.24, 2.45) is 7.05 Å². The molecular weight excluding hydrogens is 472 g/mol. The van der Waals surface area contributed by atoms with Crippen LogP contribution in [0.2, 0.25) is 0 Å². The third-order valence-electron chi connectivity index (χ3n) is 7.42. The van der Waals surface area contributed by atoms with E-state index in [1.807, 2.05) is 54.1 Å². The maximum Gasteiger partial charge on any atom is 0.330 e. The van der Waals surface area contributed by atoms with Gasteiger partial charge in [-0.3, -0.25) is 18.8 Å². The van der Waals surface area contributed by atoms with Gasteiger partial charge in [0.2, 0.25) is 0 Å². The van der Waals surface area contributed by atoms with Gasteiger partial charge < -0.3 is 0 Å². The van der Waals surface area contributed by atoms with Crippen molar-refractivity contribution in [3.05, 3.63) is 81.3 Å². The summed E-state index contributed by atoms with van der Waals surface area (Å²) in [5, 5.41) is 8.11. The number of likely N-dealkylation sites (tertiary alicyclic amines) is 1. The van der Waals surface area contributed by atoms with Crippen molar-refractivity contribution >= 4 is 39.2 Å². The maximum absolute atomic E-state index is 13.2. The lowest BCUT2D eigenvalue weighted by Gasteiger charge is -2.37. The van der Waals surface area contributed by atoms with E-state index in [-0.39, 0.29) is 23.7 Å². The quantitative estimate of drug-likeness (QED) is 0.352. The number of thiazole rings is 1. The Balaban J connectivity index is 1.29. The highest BCUT2D eigenvalue weighted by Gasteiger charge is 2.31. The Morgan fingerprint density at radius 3 is 2.44 bits per heavy atom. The average Bonchev–Trinajstić information content (AvgIpc) is 3.64. The van der Waals surface area contributed by atoms with E-state index >= 15 is 0 Å². The summed E-state index contributed by atoms with van der Waals surface area (Å²) in [6.45, 7) is 3.87. The number of nitrogens with zero attached hydrogens (tertiary/aromatic N) is 6. The SMILES string of the molecule is CCC(N1CCC(c2nn(C(=O)c3nccs3)c3ccccc23)CC1)n1c(=O)n(C)c2ccccc21. The fourth-order valence-electron chi connectivity index (χ4n) is 5.65. The molecule has 9 heteroatoms. The van der Waals surface area contributed by atoms with Crippen LogP contribution in [0.4, 0.5) is 0 Å². The number of aryl methyl sites for hydroxylation is 1. The van der Waals surface area contributed by atoms with E-state index < -0.39 is 0 Å². The van der Waals surface area contributed by atoms with E-state index in [2.05, 4.69) is 22.9 Å². The van der Waals surface area contributed by atoms with Crippen LogP contribution in [0.1, 0.15) is 53.8 Å². The van der Waals surface area contributed by atoms with Gasteiger partial charge in [0.05, 0.1) is 28.4 Å². The van der Waals surface area contributed by atoms with Gasteiger partial charge in [0.1, 0.15) is 0 Å². The number of hydrogen-bond acceptors (Lipinski definition) is 6. The minimum absolute atomic E-state index is 0.00494. The van der Waals surface area contributed by atoms with E-state index in [1.54, 1.807) is 16.1 Å². The summed E-state index contributed by atoms with van der Waals surface area (Å²) in [4.78, 5) is 32.9. The molecule has 1 atom stereocenters. The minimum atomic E-state index is -0.189. The Morgan fingerprint density at radius 2 is 1.75 bits per heavy atom. The number of para-hydroxylation sites is 3. The van der Waals surface area contributed by atoms with Gasteiger partial charge in [-0.05, 0) is 37.5 Å². The second kappa shape index (κ2) is 9.15. The Labute approximate surface area is 212 Å². The molecule has 0 N–H and O–H groups in total. The molecule has 8 nitrogen and oxygen atoms in total. The third-order valence-corrected chi connectivity index (χ3v) is 8.18. The monoisotopic (exact) mass is 500 g/mol. The summed E-state index contributed by atoms with van der Waals surface area (Å²) < 4.78 is 5.20. The first-order chi connectivity index (χ1) is 17.6. The molecule has 1 unspecified atom stereocenters. The van der Waals surface area contributed by atoms with Crippen LogP contribution >= 0.6 is 11.3 Å². The van der Waals surface area contributed by atoms with Gasteiger partial charge in [-0.1, -0.05) is 37.3 Å². The zero-order valence-corrected chi connectivity index (χ0v) is 21.2. The lowest BCUT2D eigenvalue weighted by atomic mass is 9.91. The molecule has 2 aromatic carbocycles. The topological polar surface area (TPSA) is 78.0 Å². The number of fused-ring (bicyclic) bond motifs is 2. The molecule has 0 radical (unpaired) electrons. The number of rotatable bonds is 5. The van der Waals surface area contributed by atoms with Gasteiger partial charge >= 0.3 is 11.6 Å². The van der Waals surface area contributed by atoms with Crippen LogP contribution in [-0.2, 0) is 7.05 Å². The lowest BCUT2D eigenvalue weighted by molar-refractivity contribution is 0.0943. The summed E-state index contributed by atoms with van der Waals surface area (Å²) in [5.41, 5.74) is 3.76. The van der Waals surface area contributed by atoms with Gasteiger partial charge in [-0.2, -0.15) is 9.78 Å². The number of carbonyl (C=O) groups is 1. The summed E-state index contributed by atoms with van der Waals surface area (Å²) >= 11 is 1.33. The summed E-state index contributed by atoms with van der Waals surface area (Å²) in [6.07, 6.45) is 4.33. The minimum Gasteiger partial charge on any atom is -0.295 e. The standard InChI is InChI=1S/C27H28N6O2S/c1-3-23(32-22-11-7-6-10-21(22)30(2)27(32)35)31-15-12-18(13-16-31)24-19-8-4-5-9-20(19)33(29-24)26(34)25-28-14-17-36-25/h4-11,14,17-18,23H,3,12-13,15-16H2,1-2H3. The van der Waals surface area contributed by atoms with Crippen molar-refractivity contribution in [3.8, 4) is 0 Å². The second-order valence-electron chi connectivity index (χ2n) is 9.36. The predicted octanol–water partition coefficient (Wildman–Crippen LogP) is 4.62. The first kappa shape index (κ1) is 22.9. The number of carbonyl (C=O) groups excluding carboxylic acids is 1. The lowest BCUT2D eigenvalue weighted by Crippen LogP contribution is -2.42. The highest BCUT2D eigenvalue weighted by Crippen LogP contribution is 2.35. The first-order valence-corrected chi connectivity index (χ1v) is 13.3. The Hall–Kier alpha value is -3.56. The molecule has 1 aliphatic rings. The second-order valence-corrected chi connectivity index (χ2v) is 10.3. The molecule has 0 bridgehead atoms. The molecule has 4 heterocycles. The van der Waals surface area contributed by atoms with Crippen molar-refractivity contribution in [2.45, 2.75) is 38.3 Å². The third kappa shape index (κ3) is 3.61. The molecule has 1 saturated heterocycles. The molecule has 1 fully saturated rings. The molecule has 0 aliphatic carbocycles. The van der Waals surface area contributed by atoms with Crippen molar-refractivity contribution in [1.29, 1.82) is 0 Å². The maximum atomic E-state index is 13.2. The first-order valence-electron chi connectivity index (χ1n) is 12.4. The molecule has 6 rings (SSSR count). The van der Waals surface area contributed by atoms with Crippen LogP contribution in [0.25, 0.3) is 21.9 Å². The van der Waals surface area contributed by atoms with Gasteiger partial charge in [-0.15, -0.1) is 11.3 Å². The molecule has 0 spiro atoms. The zero-order chi connectivity index (χ0) is 24.8. The molecular formula is C27H28N6O2S. The largest absolute Gasteiger partial charge is 0.330 e. The molecule has 0 amide bonds. The zero-order valence-electron chi connectivity index (χ0n) is 20.4. The molecule has 3 aromatic heterocycles. The summed E-state index contributed by atoms with van der Waals surface area (Å²) in [6, 6.07) is 15.9. The van der Waals surface area contributed by atoms with E-state index in [1.165, 1.54) is 16.0 Å². The Kier molecular flexibility index (Phi) is 5.81. The van der Waals surface area contributed by atoms with Crippen molar-refractivity contribution in [2.75, 3.05) is 13.1 Å². The Bertz CT molecular complexity index is 1600. The molecule has 0 saturated carbocycles. The highest BCUT2D eigenvalue weighted by atomic mass is 32.1. The summed E-state index contributed by atoms with van der Waals surface area (Å²) in [7, 11) is 1.84. The highest BCUT2D eigenvalue weighted by molar-refractivity contribution is 7.11. The van der Waals surface area contributed by atoms with Crippen LogP contribution in [0.3, 0.4) is 0 Å². The van der Waals surface area contributed by atoms with Gasteiger partial charge in [-0.25, -0.2) is 9.78 Å². The van der Waals surface area contributed by atoms with Gasteiger partial charge in [0.25, 0.3) is 0 Å². The van der Waals surface area contributed by atoms with Crippen LogP contribution in [-0.4, -0.2) is 47.8 Å². The van der Waals surface area contributed by atoms with Gasteiger partial charge in [0.15, 0.2) is 5.01 Å². The smallest absolute Gasteiger partial charge is 0.295 e. The molecule has 1 aliphatic heterocycles. The number of piperidine rings is 1. The number of imidazole rings is 1. The van der Waals surface area contributed by atoms with Crippen molar-refractivity contribution in [1.82, 2.24) is 28.8 Å². The van der Waals surface area contributed by atoms with E-state index in [9.17, 15) is 9.59 Å². The Morgan fingerprint density at radius 1 is 1.06 bits per heavy atom. The van der Waals surface area contributed by atoms with Crippen molar-refractivity contribution in [3.63, 3.8) is 0 Å². The van der Waals surface area contributed by atoms with Crippen LogP contribution in [0, 0.1) is 0 Å². The number of hydrogen-bond donors (Lipinski definition) is 0. The normalized spacial score (nSPS) is 16.2. The van der Waals surface area contributed by atoms with E-state index in [0.29, 0.717) is 5.01 Å². The van der Waals surface area contributed by atoms with Crippen molar-refractivity contribution < 1.29 is 4.79 Å². The van der Waals surface area contributed by atoms with E-state index in [4.69, 9.17) is 5.10 Å². The molecule has 5 aromatic rings. The number of aromatic nitrogens is 5. The van der Waals surface area contributed by atoms with Crippen LogP contribution in [0.15, 0.2) is 64.9 Å². The fourth-order valence-corrected chi connectivity index (χ4v) is 6.21. The van der Waals surface area contributed by atoms with Crippen LogP contribution < -0.4 is 5.69 Å².